The Labute approximate surface area is 77.5 Å². The number of carboxylic acids is 1. The van der Waals surface area contributed by atoms with Gasteiger partial charge < -0.3 is 14.9 Å². The minimum Gasteiger partial charge on any atom is -0.481 e. The first-order chi connectivity index (χ1) is 6.13. The van der Waals surface area contributed by atoms with Crippen LogP contribution in [0.5, 0.6) is 0 Å². The molecule has 0 aliphatic carbocycles. The number of aliphatic hydroxyl groups excluding tert-OH is 1. The zero-order valence-corrected chi connectivity index (χ0v) is 7.82. The van der Waals surface area contributed by atoms with E-state index in [2.05, 4.69) is 0 Å². The molecule has 0 amide bonds. The van der Waals surface area contributed by atoms with Crippen molar-refractivity contribution in [1.29, 1.82) is 0 Å². The molecule has 2 atom stereocenters. The molecular formula is C9H16O4. The molecule has 0 aromatic carbocycles. The number of hydrogen-bond donors (Lipinski definition) is 2. The first-order valence-corrected chi connectivity index (χ1v) is 4.59. The minimum atomic E-state index is -0.800. The van der Waals surface area contributed by atoms with Crippen molar-refractivity contribution in [3.05, 3.63) is 0 Å². The largest absolute Gasteiger partial charge is 0.481 e. The van der Waals surface area contributed by atoms with Crippen LogP contribution in [0.3, 0.4) is 0 Å². The standard InChI is InChI=1S/C9H16O4/c1-7-9(8(11)12,3-2-5-10)4-6-13-7/h7,10H,2-6H2,1H3,(H,11,12). The normalized spacial score (nSPS) is 33.5. The van der Waals surface area contributed by atoms with Crippen LogP contribution in [0.2, 0.25) is 0 Å². The lowest BCUT2D eigenvalue weighted by Gasteiger charge is -2.26. The highest BCUT2D eigenvalue weighted by Gasteiger charge is 2.47. The summed E-state index contributed by atoms with van der Waals surface area (Å²) in [6.45, 7) is 2.35. The van der Waals surface area contributed by atoms with E-state index in [0.29, 0.717) is 25.9 Å². The highest BCUT2D eigenvalue weighted by atomic mass is 16.5. The van der Waals surface area contributed by atoms with Gasteiger partial charge in [0, 0.05) is 13.2 Å². The van der Waals surface area contributed by atoms with Crippen LogP contribution in [0.1, 0.15) is 26.2 Å². The highest BCUT2D eigenvalue weighted by Crippen LogP contribution is 2.39. The van der Waals surface area contributed by atoms with E-state index in [1.165, 1.54) is 0 Å². The number of aliphatic hydroxyl groups is 1. The summed E-state index contributed by atoms with van der Waals surface area (Å²) in [5, 5.41) is 17.8. The van der Waals surface area contributed by atoms with E-state index in [-0.39, 0.29) is 12.7 Å². The predicted octanol–water partition coefficient (Wildman–Crippen LogP) is 0.639. The van der Waals surface area contributed by atoms with Crippen LogP contribution in [-0.4, -0.2) is 35.5 Å². The molecule has 1 saturated heterocycles. The maximum atomic E-state index is 11.1. The van der Waals surface area contributed by atoms with E-state index in [1.807, 2.05) is 0 Å². The van der Waals surface area contributed by atoms with Crippen molar-refractivity contribution < 1.29 is 19.7 Å². The quantitative estimate of drug-likeness (QED) is 0.679. The summed E-state index contributed by atoms with van der Waals surface area (Å²) in [4.78, 5) is 11.1. The molecule has 1 fully saturated rings. The van der Waals surface area contributed by atoms with Crippen LogP contribution in [-0.2, 0) is 9.53 Å². The minimum absolute atomic E-state index is 0.0434. The molecule has 76 valence electrons. The fourth-order valence-electron chi connectivity index (χ4n) is 1.89. The van der Waals surface area contributed by atoms with Crippen molar-refractivity contribution in [2.24, 2.45) is 5.41 Å². The predicted molar refractivity (Wildman–Crippen MR) is 46.4 cm³/mol. The Balaban J connectivity index is 2.68. The van der Waals surface area contributed by atoms with Gasteiger partial charge in [0.05, 0.1) is 11.5 Å². The van der Waals surface area contributed by atoms with Crippen LogP contribution in [0.15, 0.2) is 0 Å². The van der Waals surface area contributed by atoms with Crippen LogP contribution in [0.4, 0.5) is 0 Å². The molecular weight excluding hydrogens is 172 g/mol. The molecule has 1 aliphatic heterocycles. The second-order valence-corrected chi connectivity index (χ2v) is 3.55. The third kappa shape index (κ3) is 1.84. The van der Waals surface area contributed by atoms with E-state index >= 15 is 0 Å². The van der Waals surface area contributed by atoms with Gasteiger partial charge in [-0.05, 0) is 26.2 Å². The summed E-state index contributed by atoms with van der Waals surface area (Å²) < 4.78 is 5.26. The van der Waals surface area contributed by atoms with Gasteiger partial charge in [0.25, 0.3) is 0 Å². The third-order valence-electron chi connectivity index (χ3n) is 2.90. The van der Waals surface area contributed by atoms with Crippen molar-refractivity contribution in [2.75, 3.05) is 13.2 Å². The smallest absolute Gasteiger partial charge is 0.312 e. The number of rotatable bonds is 4. The van der Waals surface area contributed by atoms with Crippen molar-refractivity contribution in [2.45, 2.75) is 32.3 Å². The molecule has 13 heavy (non-hydrogen) atoms. The summed E-state index contributed by atoms with van der Waals surface area (Å²) in [5.41, 5.74) is -0.761. The molecule has 0 aromatic rings. The van der Waals surface area contributed by atoms with Gasteiger partial charge in [0.2, 0.25) is 0 Å². The van der Waals surface area contributed by atoms with Crippen molar-refractivity contribution in [3.8, 4) is 0 Å². The first kappa shape index (κ1) is 10.5. The Morgan fingerprint density at radius 3 is 2.77 bits per heavy atom. The Morgan fingerprint density at radius 2 is 2.38 bits per heavy atom. The lowest BCUT2D eigenvalue weighted by atomic mass is 9.78. The molecule has 4 nitrogen and oxygen atoms in total. The SMILES string of the molecule is CC1OCCC1(CCCO)C(=O)O. The van der Waals surface area contributed by atoms with Crippen LogP contribution >= 0.6 is 0 Å². The molecule has 1 heterocycles. The van der Waals surface area contributed by atoms with Crippen molar-refractivity contribution >= 4 is 5.97 Å². The topological polar surface area (TPSA) is 66.8 Å². The summed E-state index contributed by atoms with van der Waals surface area (Å²) in [6.07, 6.45) is 1.35. The summed E-state index contributed by atoms with van der Waals surface area (Å²) >= 11 is 0. The number of hydrogen-bond acceptors (Lipinski definition) is 3. The maximum Gasteiger partial charge on any atom is 0.312 e. The van der Waals surface area contributed by atoms with E-state index in [4.69, 9.17) is 14.9 Å². The van der Waals surface area contributed by atoms with Crippen LogP contribution in [0, 0.1) is 5.41 Å². The second-order valence-electron chi connectivity index (χ2n) is 3.55. The molecule has 4 heteroatoms. The van der Waals surface area contributed by atoms with Gasteiger partial charge in [0.15, 0.2) is 0 Å². The average Bonchev–Trinajstić information content (AvgIpc) is 2.45. The molecule has 2 N–H and O–H groups in total. The molecule has 0 radical (unpaired) electrons. The van der Waals surface area contributed by atoms with E-state index in [9.17, 15) is 4.79 Å². The van der Waals surface area contributed by atoms with Gasteiger partial charge in [-0.1, -0.05) is 0 Å². The number of aliphatic carboxylic acids is 1. The average molecular weight is 188 g/mol. The zero-order valence-electron chi connectivity index (χ0n) is 7.82. The van der Waals surface area contributed by atoms with Gasteiger partial charge in [-0.15, -0.1) is 0 Å². The zero-order chi connectivity index (χ0) is 9.90. The Bertz CT molecular complexity index is 192. The van der Waals surface area contributed by atoms with Crippen LogP contribution < -0.4 is 0 Å². The van der Waals surface area contributed by atoms with Gasteiger partial charge in [-0.3, -0.25) is 4.79 Å². The van der Waals surface area contributed by atoms with Gasteiger partial charge >= 0.3 is 5.97 Å². The summed E-state index contributed by atoms with van der Waals surface area (Å²) in [6, 6.07) is 0. The summed E-state index contributed by atoms with van der Waals surface area (Å²) in [7, 11) is 0. The Hall–Kier alpha value is -0.610. The molecule has 2 unspecified atom stereocenters. The molecule has 1 aliphatic rings. The van der Waals surface area contributed by atoms with Gasteiger partial charge in [-0.25, -0.2) is 0 Å². The van der Waals surface area contributed by atoms with E-state index in [1.54, 1.807) is 6.92 Å². The fraction of sp³-hybridized carbons (Fsp3) is 0.889. The molecule has 1 rings (SSSR count). The van der Waals surface area contributed by atoms with E-state index in [0.717, 1.165) is 0 Å². The number of carbonyl (C=O) groups is 1. The molecule has 0 saturated carbocycles. The first-order valence-electron chi connectivity index (χ1n) is 4.59. The van der Waals surface area contributed by atoms with Gasteiger partial charge in [-0.2, -0.15) is 0 Å². The monoisotopic (exact) mass is 188 g/mol. The highest BCUT2D eigenvalue weighted by molar-refractivity contribution is 5.75. The van der Waals surface area contributed by atoms with Gasteiger partial charge in [0.1, 0.15) is 0 Å². The number of ether oxygens (including phenoxy) is 1. The third-order valence-corrected chi connectivity index (χ3v) is 2.90. The molecule has 0 bridgehead atoms. The Kier molecular flexibility index (Phi) is 3.27. The number of carboxylic acid groups (broad SMARTS) is 1. The fourth-order valence-corrected chi connectivity index (χ4v) is 1.89. The van der Waals surface area contributed by atoms with Crippen molar-refractivity contribution in [3.63, 3.8) is 0 Å². The summed E-state index contributed by atoms with van der Waals surface area (Å²) in [5.74, 6) is -0.800. The van der Waals surface area contributed by atoms with Crippen molar-refractivity contribution in [1.82, 2.24) is 0 Å². The molecule has 0 aromatic heterocycles. The Morgan fingerprint density at radius 1 is 1.69 bits per heavy atom. The van der Waals surface area contributed by atoms with E-state index < -0.39 is 11.4 Å². The lowest BCUT2D eigenvalue weighted by molar-refractivity contribution is -0.152. The lowest BCUT2D eigenvalue weighted by Crippen LogP contribution is -2.37. The molecule has 0 spiro atoms. The van der Waals surface area contributed by atoms with Crippen LogP contribution in [0.25, 0.3) is 0 Å². The second kappa shape index (κ2) is 4.07. The maximum absolute atomic E-state index is 11.1.